The van der Waals surface area contributed by atoms with Crippen molar-refractivity contribution < 1.29 is 4.42 Å². The average molecular weight is 627 g/mol. The highest BCUT2D eigenvalue weighted by molar-refractivity contribution is 6.18. The summed E-state index contributed by atoms with van der Waals surface area (Å²) in [5, 5.41) is 4.49. The molecule has 10 rings (SSSR count). The Morgan fingerprint density at radius 3 is 1.98 bits per heavy atom. The van der Waals surface area contributed by atoms with E-state index >= 15 is 0 Å². The second kappa shape index (κ2) is 11.1. The van der Waals surface area contributed by atoms with Crippen molar-refractivity contribution in [1.29, 1.82) is 0 Å². The van der Waals surface area contributed by atoms with Crippen molar-refractivity contribution in [3.8, 4) is 33.7 Å². The van der Waals surface area contributed by atoms with Gasteiger partial charge in [0.25, 0.3) is 0 Å². The van der Waals surface area contributed by atoms with E-state index in [-0.39, 0.29) is 0 Å². The van der Waals surface area contributed by atoms with Crippen LogP contribution < -0.4 is 4.90 Å². The predicted octanol–water partition coefficient (Wildman–Crippen LogP) is 12.5. The highest BCUT2D eigenvalue weighted by Crippen LogP contribution is 2.46. The van der Waals surface area contributed by atoms with Crippen molar-refractivity contribution in [2.75, 3.05) is 4.90 Å². The van der Waals surface area contributed by atoms with Crippen molar-refractivity contribution >= 4 is 49.7 Å². The Labute approximate surface area is 284 Å². The molecule has 49 heavy (non-hydrogen) atoms. The summed E-state index contributed by atoms with van der Waals surface area (Å²) in [5.74, 6) is 0.633. The lowest BCUT2D eigenvalue weighted by atomic mass is 9.98. The first kappa shape index (κ1) is 27.6. The Morgan fingerprint density at radius 1 is 0.490 bits per heavy atom. The molecule has 1 heterocycles. The fourth-order valence-corrected chi connectivity index (χ4v) is 7.58. The number of para-hydroxylation sites is 1. The van der Waals surface area contributed by atoms with E-state index in [1.54, 1.807) is 0 Å². The van der Waals surface area contributed by atoms with Crippen molar-refractivity contribution in [2.24, 2.45) is 0 Å². The van der Waals surface area contributed by atoms with Gasteiger partial charge in [0.15, 0.2) is 5.58 Å². The van der Waals surface area contributed by atoms with E-state index in [1.807, 2.05) is 30.3 Å². The van der Waals surface area contributed by atoms with Crippen LogP contribution in [0, 0.1) is 0 Å². The van der Waals surface area contributed by atoms with Crippen LogP contribution in [-0.4, -0.2) is 4.98 Å². The number of anilines is 3. The average Bonchev–Trinajstić information content (AvgIpc) is 3.77. The molecule has 0 saturated heterocycles. The number of aromatic nitrogens is 1. The van der Waals surface area contributed by atoms with Gasteiger partial charge in [-0.2, -0.15) is 0 Å². The van der Waals surface area contributed by atoms with Crippen LogP contribution in [0.25, 0.3) is 66.4 Å². The van der Waals surface area contributed by atoms with Gasteiger partial charge in [0.05, 0.1) is 5.69 Å². The lowest BCUT2D eigenvalue weighted by molar-refractivity contribution is 0.623. The zero-order valence-electron chi connectivity index (χ0n) is 26.7. The predicted molar refractivity (Wildman–Crippen MR) is 203 cm³/mol. The molecule has 0 bridgehead atoms. The highest BCUT2D eigenvalue weighted by atomic mass is 16.3. The zero-order chi connectivity index (χ0) is 32.3. The Bertz CT molecular complexity index is 2690. The summed E-state index contributed by atoms with van der Waals surface area (Å²) >= 11 is 0. The maximum atomic E-state index is 6.58. The third-order valence-electron chi connectivity index (χ3n) is 9.88. The van der Waals surface area contributed by atoms with E-state index in [0.717, 1.165) is 61.7 Å². The first-order valence-corrected chi connectivity index (χ1v) is 16.8. The van der Waals surface area contributed by atoms with Gasteiger partial charge in [-0.1, -0.05) is 121 Å². The number of hydrogen-bond donors (Lipinski definition) is 0. The van der Waals surface area contributed by atoms with Crippen molar-refractivity contribution in [3.63, 3.8) is 0 Å². The number of hydrogen-bond acceptors (Lipinski definition) is 3. The van der Waals surface area contributed by atoms with Crippen LogP contribution in [0.4, 0.5) is 17.1 Å². The van der Waals surface area contributed by atoms with Crippen LogP contribution in [0.2, 0.25) is 0 Å². The molecule has 0 N–H and O–H groups in total. The Hall–Kier alpha value is -6.45. The normalized spacial score (nSPS) is 12.0. The molecule has 1 aliphatic carbocycles. The number of oxazole rings is 1. The summed E-state index contributed by atoms with van der Waals surface area (Å²) in [5.41, 5.74) is 13.7. The number of benzene rings is 8. The van der Waals surface area contributed by atoms with Crippen LogP contribution in [0.1, 0.15) is 11.1 Å². The van der Waals surface area contributed by atoms with Gasteiger partial charge >= 0.3 is 0 Å². The SMILES string of the molecule is c1ccc(-c2nc3ccc4ccc5ccc(N(c6ccc7c(c6)Cc6ccccc6-7)c6ccccc6-c6ccccc6)cc5c4c3o2)cc1. The molecule has 8 aromatic carbocycles. The largest absolute Gasteiger partial charge is 0.435 e. The summed E-state index contributed by atoms with van der Waals surface area (Å²) in [6.45, 7) is 0. The minimum atomic E-state index is 0.633. The molecule has 9 aromatic rings. The Morgan fingerprint density at radius 2 is 1.12 bits per heavy atom. The van der Waals surface area contributed by atoms with Gasteiger partial charge < -0.3 is 9.32 Å². The number of fused-ring (bicyclic) bond motifs is 8. The first-order valence-electron chi connectivity index (χ1n) is 16.8. The second-order valence-electron chi connectivity index (χ2n) is 12.8. The maximum absolute atomic E-state index is 6.58. The van der Waals surface area contributed by atoms with Crippen LogP contribution in [0.15, 0.2) is 174 Å². The maximum Gasteiger partial charge on any atom is 0.227 e. The standard InChI is InChI=1S/C46H30N2O/c1-3-11-30(12-4-1)40-17-9-10-18-43(40)48(36-24-25-39-35(28-36)27-34-15-7-8-16-38(34)39)37-23-21-31-19-20-32-22-26-42-45(44(32)41(31)29-37)49-46(47-42)33-13-5-2-6-14-33/h1-26,28-29H,27H2. The fraction of sp³-hybridized carbons (Fsp3) is 0.0217. The van der Waals surface area contributed by atoms with Gasteiger partial charge in [-0.15, -0.1) is 0 Å². The molecule has 0 aliphatic heterocycles. The summed E-state index contributed by atoms with van der Waals surface area (Å²) < 4.78 is 6.58. The highest BCUT2D eigenvalue weighted by Gasteiger charge is 2.23. The van der Waals surface area contributed by atoms with E-state index in [0.29, 0.717) is 5.89 Å². The van der Waals surface area contributed by atoms with Gasteiger partial charge in [-0.25, -0.2) is 4.98 Å². The van der Waals surface area contributed by atoms with Crippen LogP contribution in [0.5, 0.6) is 0 Å². The molecule has 3 heteroatoms. The van der Waals surface area contributed by atoms with Crippen molar-refractivity contribution in [2.45, 2.75) is 6.42 Å². The molecule has 1 aromatic heterocycles. The Balaban J connectivity index is 1.21. The molecule has 0 saturated carbocycles. The van der Waals surface area contributed by atoms with E-state index in [4.69, 9.17) is 9.40 Å². The van der Waals surface area contributed by atoms with Gasteiger partial charge in [-0.3, -0.25) is 0 Å². The van der Waals surface area contributed by atoms with E-state index in [9.17, 15) is 0 Å². The summed E-state index contributed by atoms with van der Waals surface area (Å²) in [4.78, 5) is 7.33. The molecule has 3 nitrogen and oxygen atoms in total. The quantitative estimate of drug-likeness (QED) is 0.178. The molecule has 0 amide bonds. The van der Waals surface area contributed by atoms with Crippen molar-refractivity contribution in [3.05, 3.63) is 181 Å². The van der Waals surface area contributed by atoms with Crippen LogP contribution in [-0.2, 0) is 6.42 Å². The number of nitrogens with zero attached hydrogens (tertiary/aromatic N) is 2. The lowest BCUT2D eigenvalue weighted by Gasteiger charge is -2.29. The smallest absolute Gasteiger partial charge is 0.227 e. The molecular formula is C46H30N2O. The lowest BCUT2D eigenvalue weighted by Crippen LogP contribution is -2.11. The molecule has 0 fully saturated rings. The third-order valence-corrected chi connectivity index (χ3v) is 9.88. The molecular weight excluding hydrogens is 597 g/mol. The Kier molecular flexibility index (Phi) is 6.25. The minimum absolute atomic E-state index is 0.633. The van der Waals surface area contributed by atoms with Gasteiger partial charge in [0.1, 0.15) is 5.52 Å². The first-order chi connectivity index (χ1) is 24.3. The molecule has 0 spiro atoms. The molecule has 1 aliphatic rings. The van der Waals surface area contributed by atoms with Crippen molar-refractivity contribution in [1.82, 2.24) is 4.98 Å². The third kappa shape index (κ3) is 4.55. The summed E-state index contributed by atoms with van der Waals surface area (Å²) in [6, 6.07) is 60.7. The molecule has 0 unspecified atom stereocenters. The number of rotatable bonds is 5. The van der Waals surface area contributed by atoms with Gasteiger partial charge in [-0.05, 0) is 98.9 Å². The molecule has 0 atom stereocenters. The summed E-state index contributed by atoms with van der Waals surface area (Å²) in [6.07, 6.45) is 0.934. The van der Waals surface area contributed by atoms with E-state index in [2.05, 4.69) is 144 Å². The zero-order valence-corrected chi connectivity index (χ0v) is 26.7. The second-order valence-corrected chi connectivity index (χ2v) is 12.8. The summed E-state index contributed by atoms with van der Waals surface area (Å²) in [7, 11) is 0. The monoisotopic (exact) mass is 626 g/mol. The van der Waals surface area contributed by atoms with E-state index in [1.165, 1.54) is 33.4 Å². The van der Waals surface area contributed by atoms with Crippen LogP contribution >= 0.6 is 0 Å². The van der Waals surface area contributed by atoms with Gasteiger partial charge in [0, 0.05) is 27.9 Å². The molecule has 0 radical (unpaired) electrons. The molecule has 230 valence electrons. The minimum Gasteiger partial charge on any atom is -0.435 e. The van der Waals surface area contributed by atoms with Gasteiger partial charge in [0.2, 0.25) is 5.89 Å². The van der Waals surface area contributed by atoms with E-state index < -0.39 is 0 Å². The fourth-order valence-electron chi connectivity index (χ4n) is 7.58. The van der Waals surface area contributed by atoms with Crippen LogP contribution in [0.3, 0.4) is 0 Å². The topological polar surface area (TPSA) is 29.3 Å².